The van der Waals surface area contributed by atoms with Gasteiger partial charge in [-0.15, -0.1) is 11.3 Å². The Morgan fingerprint density at radius 2 is 2.42 bits per heavy atom. The number of thiophene rings is 1. The summed E-state index contributed by atoms with van der Waals surface area (Å²) in [6.07, 6.45) is 4.85. The lowest BCUT2D eigenvalue weighted by atomic mass is 9.76. The fourth-order valence-corrected chi connectivity index (χ4v) is 3.70. The number of nitrogens with two attached hydrogens (primary N) is 1. The molecule has 0 bridgehead atoms. The van der Waals surface area contributed by atoms with E-state index >= 15 is 0 Å². The first-order chi connectivity index (χ1) is 9.01. The Bertz CT molecular complexity index is 418. The van der Waals surface area contributed by atoms with Gasteiger partial charge in [0.25, 0.3) is 0 Å². The SMILES string of the molecule is CC1CCCC(N)(C(=O)N(C)CCc2cccs2)C1. The van der Waals surface area contributed by atoms with Gasteiger partial charge in [0.1, 0.15) is 0 Å². The van der Waals surface area contributed by atoms with Crippen molar-refractivity contribution in [3.8, 4) is 0 Å². The van der Waals surface area contributed by atoms with Crippen molar-refractivity contribution in [3.05, 3.63) is 22.4 Å². The van der Waals surface area contributed by atoms with Gasteiger partial charge in [-0.1, -0.05) is 25.8 Å². The molecule has 19 heavy (non-hydrogen) atoms. The molecule has 3 nitrogen and oxygen atoms in total. The largest absolute Gasteiger partial charge is 0.344 e. The normalized spacial score (nSPS) is 27.2. The van der Waals surface area contributed by atoms with Crippen LogP contribution in [0.25, 0.3) is 0 Å². The van der Waals surface area contributed by atoms with E-state index in [1.165, 1.54) is 11.3 Å². The van der Waals surface area contributed by atoms with E-state index in [-0.39, 0.29) is 5.91 Å². The van der Waals surface area contributed by atoms with Crippen molar-refractivity contribution >= 4 is 17.2 Å². The van der Waals surface area contributed by atoms with E-state index in [9.17, 15) is 4.79 Å². The molecule has 4 heteroatoms. The van der Waals surface area contributed by atoms with Gasteiger partial charge in [0.05, 0.1) is 5.54 Å². The molecule has 1 aliphatic rings. The molecule has 0 radical (unpaired) electrons. The van der Waals surface area contributed by atoms with Crippen LogP contribution in [-0.4, -0.2) is 29.9 Å². The van der Waals surface area contributed by atoms with Crippen LogP contribution in [0.2, 0.25) is 0 Å². The van der Waals surface area contributed by atoms with Crippen LogP contribution in [0, 0.1) is 5.92 Å². The predicted octanol–water partition coefficient (Wildman–Crippen LogP) is 2.66. The molecule has 1 heterocycles. The molecule has 2 rings (SSSR count). The van der Waals surface area contributed by atoms with Gasteiger partial charge >= 0.3 is 0 Å². The van der Waals surface area contributed by atoms with Crippen molar-refractivity contribution in [3.63, 3.8) is 0 Å². The van der Waals surface area contributed by atoms with Crippen molar-refractivity contribution < 1.29 is 4.79 Å². The quantitative estimate of drug-likeness (QED) is 0.921. The van der Waals surface area contributed by atoms with Gasteiger partial charge in [-0.05, 0) is 36.6 Å². The lowest BCUT2D eigenvalue weighted by molar-refractivity contribution is -0.137. The summed E-state index contributed by atoms with van der Waals surface area (Å²) in [5.74, 6) is 0.684. The van der Waals surface area contributed by atoms with Crippen molar-refractivity contribution in [2.75, 3.05) is 13.6 Å². The number of likely N-dealkylation sites (N-methyl/N-ethyl adjacent to an activating group) is 1. The minimum Gasteiger partial charge on any atom is -0.344 e. The molecule has 1 fully saturated rings. The number of carbonyl (C=O) groups is 1. The van der Waals surface area contributed by atoms with Crippen LogP contribution >= 0.6 is 11.3 Å². The molecule has 2 unspecified atom stereocenters. The minimum absolute atomic E-state index is 0.121. The molecule has 106 valence electrons. The first-order valence-corrected chi connectivity index (χ1v) is 7.96. The molecular weight excluding hydrogens is 256 g/mol. The fraction of sp³-hybridized carbons (Fsp3) is 0.667. The van der Waals surface area contributed by atoms with Gasteiger partial charge in [0.15, 0.2) is 0 Å². The highest BCUT2D eigenvalue weighted by Gasteiger charge is 2.39. The molecule has 0 aromatic carbocycles. The Balaban J connectivity index is 1.90. The van der Waals surface area contributed by atoms with Crippen molar-refractivity contribution in [1.82, 2.24) is 4.90 Å². The van der Waals surface area contributed by atoms with Crippen LogP contribution in [0.5, 0.6) is 0 Å². The molecule has 1 aliphatic carbocycles. The van der Waals surface area contributed by atoms with Gasteiger partial charge in [-0.25, -0.2) is 0 Å². The lowest BCUT2D eigenvalue weighted by Gasteiger charge is -2.38. The number of hydrogen-bond acceptors (Lipinski definition) is 3. The number of hydrogen-bond donors (Lipinski definition) is 1. The van der Waals surface area contributed by atoms with Crippen LogP contribution < -0.4 is 5.73 Å². The van der Waals surface area contributed by atoms with Gasteiger partial charge in [0, 0.05) is 18.5 Å². The minimum atomic E-state index is -0.623. The molecule has 1 amide bonds. The Hall–Kier alpha value is -0.870. The summed E-state index contributed by atoms with van der Waals surface area (Å²) in [4.78, 5) is 15.7. The molecule has 1 aromatic rings. The fourth-order valence-electron chi connectivity index (χ4n) is 3.00. The number of amides is 1. The summed E-state index contributed by atoms with van der Waals surface area (Å²) in [7, 11) is 1.88. The van der Waals surface area contributed by atoms with E-state index in [1.807, 2.05) is 11.9 Å². The van der Waals surface area contributed by atoms with Crippen molar-refractivity contribution in [1.29, 1.82) is 0 Å². The van der Waals surface area contributed by atoms with Crippen molar-refractivity contribution in [2.45, 2.75) is 44.6 Å². The second kappa shape index (κ2) is 6.06. The van der Waals surface area contributed by atoms with Crippen molar-refractivity contribution in [2.24, 2.45) is 11.7 Å². The van der Waals surface area contributed by atoms with Gasteiger partial charge in [-0.3, -0.25) is 4.79 Å². The zero-order valence-electron chi connectivity index (χ0n) is 11.9. The Morgan fingerprint density at radius 3 is 3.05 bits per heavy atom. The van der Waals surface area contributed by atoms with Crippen LogP contribution in [0.1, 0.15) is 37.5 Å². The van der Waals surface area contributed by atoms with Gasteiger partial charge in [0.2, 0.25) is 5.91 Å². The van der Waals surface area contributed by atoms with Crippen LogP contribution in [-0.2, 0) is 11.2 Å². The van der Waals surface area contributed by atoms with Gasteiger partial charge in [-0.2, -0.15) is 0 Å². The Labute approximate surface area is 119 Å². The third-order valence-corrected chi connectivity index (χ3v) is 5.02. The summed E-state index contributed by atoms with van der Waals surface area (Å²) in [5, 5.41) is 2.07. The zero-order chi connectivity index (χ0) is 13.9. The number of nitrogens with zero attached hydrogens (tertiary/aromatic N) is 1. The first-order valence-electron chi connectivity index (χ1n) is 7.08. The summed E-state index contributed by atoms with van der Waals surface area (Å²) in [5.41, 5.74) is 5.73. The molecule has 0 saturated heterocycles. The molecule has 1 saturated carbocycles. The third-order valence-electron chi connectivity index (χ3n) is 4.08. The monoisotopic (exact) mass is 280 g/mol. The first kappa shape index (κ1) is 14.5. The number of carbonyl (C=O) groups excluding carboxylic acids is 1. The van der Waals surface area contributed by atoms with Crippen LogP contribution in [0.15, 0.2) is 17.5 Å². The van der Waals surface area contributed by atoms with Crippen LogP contribution in [0.3, 0.4) is 0 Å². The molecule has 2 atom stereocenters. The molecule has 0 spiro atoms. The zero-order valence-corrected chi connectivity index (χ0v) is 12.7. The van der Waals surface area contributed by atoms with E-state index < -0.39 is 5.54 Å². The van der Waals surface area contributed by atoms with E-state index in [0.29, 0.717) is 5.92 Å². The van der Waals surface area contributed by atoms with E-state index in [4.69, 9.17) is 5.73 Å². The average molecular weight is 280 g/mol. The summed E-state index contributed by atoms with van der Waals surface area (Å²) >= 11 is 1.74. The predicted molar refractivity (Wildman–Crippen MR) is 80.2 cm³/mol. The molecule has 1 aromatic heterocycles. The lowest BCUT2D eigenvalue weighted by Crippen LogP contribution is -2.56. The maximum atomic E-state index is 12.5. The topological polar surface area (TPSA) is 46.3 Å². The van der Waals surface area contributed by atoms with Crippen LogP contribution in [0.4, 0.5) is 0 Å². The van der Waals surface area contributed by atoms with E-state index in [0.717, 1.165) is 32.2 Å². The highest BCUT2D eigenvalue weighted by molar-refractivity contribution is 7.09. The second-order valence-corrected chi connectivity index (χ2v) is 6.95. The van der Waals surface area contributed by atoms with Gasteiger partial charge < -0.3 is 10.6 Å². The molecular formula is C15H24N2OS. The maximum Gasteiger partial charge on any atom is 0.242 e. The standard InChI is InChI=1S/C15H24N2OS/c1-12-5-3-8-15(16,11-12)14(18)17(2)9-7-13-6-4-10-19-13/h4,6,10,12H,3,5,7-9,11,16H2,1-2H3. The van der Waals surface area contributed by atoms with E-state index in [1.54, 1.807) is 11.3 Å². The smallest absolute Gasteiger partial charge is 0.242 e. The highest BCUT2D eigenvalue weighted by Crippen LogP contribution is 2.31. The Morgan fingerprint density at radius 1 is 1.63 bits per heavy atom. The summed E-state index contributed by atoms with van der Waals surface area (Å²) in [6.45, 7) is 2.95. The molecule has 2 N–H and O–H groups in total. The Kier molecular flexibility index (Phi) is 4.63. The highest BCUT2D eigenvalue weighted by atomic mass is 32.1. The third kappa shape index (κ3) is 3.57. The maximum absolute atomic E-state index is 12.5. The summed E-state index contributed by atoms with van der Waals surface area (Å²) < 4.78 is 0. The van der Waals surface area contributed by atoms with E-state index in [2.05, 4.69) is 24.4 Å². The second-order valence-electron chi connectivity index (χ2n) is 5.91. The number of rotatable bonds is 4. The molecule has 0 aliphatic heterocycles. The average Bonchev–Trinajstić information content (AvgIpc) is 2.88. The summed E-state index contributed by atoms with van der Waals surface area (Å²) in [6, 6.07) is 4.17.